The highest BCUT2D eigenvalue weighted by Gasteiger charge is 2.24. The first kappa shape index (κ1) is 9.97. The van der Waals surface area contributed by atoms with E-state index in [4.69, 9.17) is 0 Å². The number of piperidine rings is 1. The Morgan fingerprint density at radius 2 is 2.36 bits per heavy atom. The minimum atomic E-state index is 0.596. The van der Waals surface area contributed by atoms with E-state index in [0.717, 1.165) is 24.8 Å². The van der Waals surface area contributed by atoms with Crippen molar-refractivity contribution < 1.29 is 0 Å². The number of hydrogen-bond donors (Lipinski definition) is 0. The predicted octanol–water partition coefficient (Wildman–Crippen LogP) is 2.69. The van der Waals surface area contributed by atoms with Crippen LogP contribution in [-0.2, 0) is 0 Å². The van der Waals surface area contributed by atoms with Crippen molar-refractivity contribution in [3.63, 3.8) is 0 Å². The second-order valence-corrected chi connectivity index (χ2v) is 5.09. The standard InChI is InChI=1S/C11H15BrN2/c1-9-5-7-14(8-10(9)12)11-4-2-3-6-13-11/h2-4,6,9-10H,5,7-8H2,1H3. The third-order valence-electron chi connectivity index (χ3n) is 2.84. The minimum absolute atomic E-state index is 0.596. The Morgan fingerprint density at radius 3 is 3.00 bits per heavy atom. The van der Waals surface area contributed by atoms with Crippen LogP contribution >= 0.6 is 15.9 Å². The van der Waals surface area contributed by atoms with Gasteiger partial charge in [0.25, 0.3) is 0 Å². The number of pyridine rings is 1. The van der Waals surface area contributed by atoms with Crippen LogP contribution in [-0.4, -0.2) is 22.9 Å². The van der Waals surface area contributed by atoms with E-state index in [2.05, 4.69) is 38.8 Å². The fourth-order valence-corrected chi connectivity index (χ4v) is 2.38. The molecule has 1 saturated heterocycles. The van der Waals surface area contributed by atoms with Crippen LogP contribution in [0.2, 0.25) is 0 Å². The van der Waals surface area contributed by atoms with Crippen molar-refractivity contribution in [2.75, 3.05) is 18.0 Å². The predicted molar refractivity (Wildman–Crippen MR) is 62.9 cm³/mol. The van der Waals surface area contributed by atoms with Gasteiger partial charge in [0.15, 0.2) is 0 Å². The SMILES string of the molecule is CC1CCN(c2ccccn2)CC1Br. The van der Waals surface area contributed by atoms with Crippen LogP contribution in [0.5, 0.6) is 0 Å². The van der Waals surface area contributed by atoms with Gasteiger partial charge in [0.2, 0.25) is 0 Å². The number of hydrogen-bond acceptors (Lipinski definition) is 2. The Hall–Kier alpha value is -0.570. The molecule has 1 aliphatic rings. The number of aromatic nitrogens is 1. The molecule has 3 heteroatoms. The molecule has 0 amide bonds. The Bertz CT molecular complexity index is 289. The molecule has 2 nitrogen and oxygen atoms in total. The summed E-state index contributed by atoms with van der Waals surface area (Å²) in [6.45, 7) is 4.49. The Kier molecular flexibility index (Phi) is 3.06. The minimum Gasteiger partial charge on any atom is -0.355 e. The van der Waals surface area contributed by atoms with E-state index in [1.54, 1.807) is 0 Å². The van der Waals surface area contributed by atoms with Crippen molar-refractivity contribution in [3.8, 4) is 0 Å². The summed E-state index contributed by atoms with van der Waals surface area (Å²) < 4.78 is 0. The lowest BCUT2D eigenvalue weighted by molar-refractivity contribution is 0.454. The topological polar surface area (TPSA) is 16.1 Å². The van der Waals surface area contributed by atoms with Gasteiger partial charge in [0.05, 0.1) is 0 Å². The smallest absolute Gasteiger partial charge is 0.128 e. The maximum absolute atomic E-state index is 4.37. The summed E-state index contributed by atoms with van der Waals surface area (Å²) in [5, 5.41) is 0. The summed E-state index contributed by atoms with van der Waals surface area (Å²) in [5.74, 6) is 1.87. The summed E-state index contributed by atoms with van der Waals surface area (Å²) in [7, 11) is 0. The van der Waals surface area contributed by atoms with Gasteiger partial charge in [0.1, 0.15) is 5.82 Å². The van der Waals surface area contributed by atoms with Gasteiger partial charge >= 0.3 is 0 Å². The molecule has 1 aromatic heterocycles. The second-order valence-electron chi connectivity index (χ2n) is 3.92. The van der Waals surface area contributed by atoms with E-state index in [-0.39, 0.29) is 0 Å². The molecular weight excluding hydrogens is 240 g/mol. The van der Waals surface area contributed by atoms with Gasteiger partial charge in [-0.05, 0) is 24.5 Å². The van der Waals surface area contributed by atoms with Crippen molar-refractivity contribution in [1.82, 2.24) is 4.98 Å². The van der Waals surface area contributed by atoms with Crippen LogP contribution in [0.3, 0.4) is 0 Å². The van der Waals surface area contributed by atoms with E-state index >= 15 is 0 Å². The fourth-order valence-electron chi connectivity index (χ4n) is 1.77. The van der Waals surface area contributed by atoms with Crippen molar-refractivity contribution in [2.24, 2.45) is 5.92 Å². The average molecular weight is 255 g/mol. The number of halogens is 1. The lowest BCUT2D eigenvalue weighted by atomic mass is 9.99. The van der Waals surface area contributed by atoms with Crippen LogP contribution in [0, 0.1) is 5.92 Å². The van der Waals surface area contributed by atoms with Gasteiger partial charge in [-0.2, -0.15) is 0 Å². The van der Waals surface area contributed by atoms with Crippen molar-refractivity contribution >= 4 is 21.7 Å². The lowest BCUT2D eigenvalue weighted by Crippen LogP contribution is -2.40. The highest BCUT2D eigenvalue weighted by atomic mass is 79.9. The number of nitrogens with zero attached hydrogens (tertiary/aromatic N) is 2. The molecule has 0 spiro atoms. The molecule has 2 heterocycles. The van der Waals surface area contributed by atoms with Crippen LogP contribution in [0.25, 0.3) is 0 Å². The van der Waals surface area contributed by atoms with E-state index in [1.807, 2.05) is 18.3 Å². The summed E-state index contributed by atoms with van der Waals surface area (Å²) >= 11 is 3.72. The molecule has 2 atom stereocenters. The Labute approximate surface area is 93.5 Å². The van der Waals surface area contributed by atoms with Crippen LogP contribution < -0.4 is 4.90 Å². The monoisotopic (exact) mass is 254 g/mol. The van der Waals surface area contributed by atoms with Gasteiger partial charge in [0, 0.05) is 24.1 Å². The molecule has 1 aliphatic heterocycles. The molecule has 0 radical (unpaired) electrons. The highest BCUT2D eigenvalue weighted by molar-refractivity contribution is 9.09. The first-order chi connectivity index (χ1) is 6.77. The second kappa shape index (κ2) is 4.30. The Balaban J connectivity index is 2.07. The quantitative estimate of drug-likeness (QED) is 0.717. The summed E-state index contributed by atoms with van der Waals surface area (Å²) in [6.07, 6.45) is 3.10. The first-order valence-electron chi connectivity index (χ1n) is 5.07. The van der Waals surface area contributed by atoms with E-state index in [9.17, 15) is 0 Å². The van der Waals surface area contributed by atoms with E-state index in [0.29, 0.717) is 4.83 Å². The maximum atomic E-state index is 4.37. The average Bonchev–Trinajstić information content (AvgIpc) is 2.23. The van der Waals surface area contributed by atoms with Gasteiger partial charge in [-0.15, -0.1) is 0 Å². The summed E-state index contributed by atoms with van der Waals surface area (Å²) in [6, 6.07) is 6.08. The first-order valence-corrected chi connectivity index (χ1v) is 5.99. The maximum Gasteiger partial charge on any atom is 0.128 e. The van der Waals surface area contributed by atoms with Crippen molar-refractivity contribution in [1.29, 1.82) is 0 Å². The van der Waals surface area contributed by atoms with Crippen molar-refractivity contribution in [2.45, 2.75) is 18.2 Å². The van der Waals surface area contributed by atoms with Gasteiger partial charge in [-0.25, -0.2) is 4.98 Å². The number of alkyl halides is 1. The fraction of sp³-hybridized carbons (Fsp3) is 0.545. The summed E-state index contributed by atoms with van der Waals surface area (Å²) in [5.41, 5.74) is 0. The number of anilines is 1. The summed E-state index contributed by atoms with van der Waals surface area (Å²) in [4.78, 5) is 7.31. The van der Waals surface area contributed by atoms with Crippen molar-refractivity contribution in [3.05, 3.63) is 24.4 Å². The zero-order valence-electron chi connectivity index (χ0n) is 8.36. The molecule has 0 saturated carbocycles. The van der Waals surface area contributed by atoms with Crippen LogP contribution in [0.1, 0.15) is 13.3 Å². The largest absolute Gasteiger partial charge is 0.355 e. The molecule has 0 aliphatic carbocycles. The zero-order valence-corrected chi connectivity index (χ0v) is 9.94. The molecule has 0 N–H and O–H groups in total. The van der Waals surface area contributed by atoms with Crippen LogP contribution in [0.4, 0.5) is 5.82 Å². The zero-order chi connectivity index (χ0) is 9.97. The van der Waals surface area contributed by atoms with E-state index < -0.39 is 0 Å². The van der Waals surface area contributed by atoms with Gasteiger partial charge in [-0.1, -0.05) is 28.9 Å². The Morgan fingerprint density at radius 1 is 1.50 bits per heavy atom. The van der Waals surface area contributed by atoms with Gasteiger partial charge in [-0.3, -0.25) is 0 Å². The number of rotatable bonds is 1. The molecule has 2 rings (SSSR count). The molecule has 76 valence electrons. The molecule has 0 aromatic carbocycles. The lowest BCUT2D eigenvalue weighted by Gasteiger charge is -2.34. The normalized spacial score (nSPS) is 27.7. The highest BCUT2D eigenvalue weighted by Crippen LogP contribution is 2.25. The third kappa shape index (κ3) is 2.08. The molecule has 0 bridgehead atoms. The molecule has 1 aromatic rings. The molecule has 1 fully saturated rings. The van der Waals surface area contributed by atoms with Crippen LogP contribution in [0.15, 0.2) is 24.4 Å². The third-order valence-corrected chi connectivity index (χ3v) is 4.03. The molecule has 14 heavy (non-hydrogen) atoms. The van der Waals surface area contributed by atoms with Gasteiger partial charge < -0.3 is 4.90 Å². The van der Waals surface area contributed by atoms with E-state index in [1.165, 1.54) is 6.42 Å². The molecular formula is C11H15BrN2. The molecule has 2 unspecified atom stereocenters.